The summed E-state index contributed by atoms with van der Waals surface area (Å²) in [6.07, 6.45) is -0.368. The summed E-state index contributed by atoms with van der Waals surface area (Å²) in [5, 5.41) is 13.9. The second kappa shape index (κ2) is 10.4. The van der Waals surface area contributed by atoms with Crippen molar-refractivity contribution in [1.82, 2.24) is 9.21 Å². The maximum absolute atomic E-state index is 12.9. The fourth-order valence-corrected chi connectivity index (χ4v) is 5.39. The lowest BCUT2D eigenvalue weighted by Gasteiger charge is -2.34. The molecular weight excluding hydrogens is 448 g/mol. The topological polar surface area (TPSA) is 122 Å². The summed E-state index contributed by atoms with van der Waals surface area (Å²) in [5.74, 6) is -0.317. The van der Waals surface area contributed by atoms with Gasteiger partial charge >= 0.3 is 0 Å². The third-order valence-corrected chi connectivity index (χ3v) is 7.05. The molecule has 1 amide bonds. The Morgan fingerprint density at radius 2 is 1.76 bits per heavy atom. The molecule has 0 bridgehead atoms. The van der Waals surface area contributed by atoms with Crippen molar-refractivity contribution in [2.24, 2.45) is 0 Å². The molecule has 2 atom stereocenters. The van der Waals surface area contributed by atoms with Gasteiger partial charge in [-0.05, 0) is 45.2 Å². The van der Waals surface area contributed by atoms with E-state index in [9.17, 15) is 23.3 Å². The van der Waals surface area contributed by atoms with Gasteiger partial charge in [-0.25, -0.2) is 8.42 Å². The van der Waals surface area contributed by atoms with Crippen LogP contribution in [0.25, 0.3) is 0 Å². The predicted molar refractivity (Wildman–Crippen MR) is 123 cm³/mol. The number of rotatable bonds is 8. The second-order valence-corrected chi connectivity index (χ2v) is 10.1. The van der Waals surface area contributed by atoms with E-state index in [1.165, 1.54) is 22.5 Å². The van der Waals surface area contributed by atoms with Crippen molar-refractivity contribution in [3.05, 3.63) is 64.2 Å². The molecule has 0 unspecified atom stereocenters. The van der Waals surface area contributed by atoms with E-state index in [0.29, 0.717) is 11.3 Å². The molecule has 1 saturated heterocycles. The molecule has 0 aliphatic carbocycles. The molecule has 0 radical (unpaired) electrons. The lowest BCUT2D eigenvalue weighted by molar-refractivity contribution is -0.385. The Kier molecular flexibility index (Phi) is 7.80. The van der Waals surface area contributed by atoms with Gasteiger partial charge in [-0.2, -0.15) is 4.31 Å². The first kappa shape index (κ1) is 24.8. The number of hydrogen-bond donors (Lipinski definition) is 1. The summed E-state index contributed by atoms with van der Waals surface area (Å²) in [6.45, 7) is 4.50. The normalized spacial score (nSPS) is 19.4. The summed E-state index contributed by atoms with van der Waals surface area (Å²) in [5.41, 5.74) is 0.978. The molecule has 33 heavy (non-hydrogen) atoms. The Morgan fingerprint density at radius 1 is 1.15 bits per heavy atom. The Bertz CT molecular complexity index is 1100. The van der Waals surface area contributed by atoms with Gasteiger partial charge in [0, 0.05) is 37.0 Å². The van der Waals surface area contributed by atoms with Crippen molar-refractivity contribution in [1.29, 1.82) is 0 Å². The number of carbonyl (C=O) groups excluding carboxylic acids is 1. The van der Waals surface area contributed by atoms with Crippen LogP contribution in [-0.4, -0.2) is 67.3 Å². The largest absolute Gasteiger partial charge is 0.373 e. The minimum atomic E-state index is -3.66. The summed E-state index contributed by atoms with van der Waals surface area (Å²) in [6, 6.07) is 12.4. The van der Waals surface area contributed by atoms with Gasteiger partial charge in [0.2, 0.25) is 15.9 Å². The molecule has 1 aliphatic heterocycles. The van der Waals surface area contributed by atoms with Crippen LogP contribution < -0.4 is 5.32 Å². The number of nitrogens with one attached hydrogen (secondary N) is 1. The van der Waals surface area contributed by atoms with E-state index in [-0.39, 0.29) is 54.9 Å². The van der Waals surface area contributed by atoms with Crippen molar-refractivity contribution in [2.75, 3.05) is 32.0 Å². The first-order valence-electron chi connectivity index (χ1n) is 10.5. The fraction of sp³-hybridized carbons (Fsp3) is 0.409. The van der Waals surface area contributed by atoms with Gasteiger partial charge in [0.05, 0.1) is 28.6 Å². The molecule has 0 aromatic heterocycles. The number of nitro groups is 1. The first-order valence-corrected chi connectivity index (χ1v) is 12.0. The van der Waals surface area contributed by atoms with E-state index in [1.807, 2.05) is 13.8 Å². The number of anilines is 1. The minimum Gasteiger partial charge on any atom is -0.373 e. The van der Waals surface area contributed by atoms with Gasteiger partial charge in [-0.1, -0.05) is 18.2 Å². The van der Waals surface area contributed by atoms with E-state index in [2.05, 4.69) is 5.32 Å². The average Bonchev–Trinajstić information content (AvgIpc) is 2.73. The van der Waals surface area contributed by atoms with Crippen molar-refractivity contribution >= 4 is 27.3 Å². The van der Waals surface area contributed by atoms with Gasteiger partial charge in [-0.15, -0.1) is 0 Å². The van der Waals surface area contributed by atoms with Crippen LogP contribution in [0.15, 0.2) is 53.4 Å². The smallest absolute Gasteiger partial charge is 0.273 e. The zero-order valence-electron chi connectivity index (χ0n) is 18.8. The van der Waals surface area contributed by atoms with Crippen molar-refractivity contribution in [3.8, 4) is 0 Å². The van der Waals surface area contributed by atoms with Crippen LogP contribution in [0, 0.1) is 10.1 Å². The molecule has 1 heterocycles. The number of likely N-dealkylation sites (N-methyl/N-ethyl adjacent to an activating group) is 1. The van der Waals surface area contributed by atoms with Crippen molar-refractivity contribution < 1.29 is 22.9 Å². The highest BCUT2D eigenvalue weighted by Gasteiger charge is 2.32. The molecule has 1 fully saturated rings. The molecule has 2 aromatic carbocycles. The zero-order valence-corrected chi connectivity index (χ0v) is 19.6. The second-order valence-electron chi connectivity index (χ2n) is 8.21. The highest BCUT2D eigenvalue weighted by Crippen LogP contribution is 2.23. The molecular formula is C22H28N4O6S. The Balaban J connectivity index is 1.59. The standard InChI is InChI=1S/C22H28N4O6S/c1-16-12-25(13-17(2)32-16)33(30,31)20-10-8-19(9-11-20)23-22(27)15-24(3)14-18-6-4-5-7-21(18)26(28)29/h4-11,16-17H,12-15H2,1-3H3,(H,23,27)/t16-,17-/m1/s1. The van der Waals surface area contributed by atoms with E-state index >= 15 is 0 Å². The number of morpholine rings is 1. The van der Waals surface area contributed by atoms with E-state index < -0.39 is 14.9 Å². The zero-order chi connectivity index (χ0) is 24.2. The molecule has 0 saturated carbocycles. The molecule has 1 N–H and O–H groups in total. The highest BCUT2D eigenvalue weighted by molar-refractivity contribution is 7.89. The monoisotopic (exact) mass is 476 g/mol. The number of ether oxygens (including phenoxy) is 1. The maximum atomic E-state index is 12.9. The van der Waals surface area contributed by atoms with Crippen molar-refractivity contribution in [2.45, 2.75) is 37.5 Å². The summed E-state index contributed by atoms with van der Waals surface area (Å²) in [7, 11) is -1.97. The number of nitrogens with zero attached hydrogens (tertiary/aromatic N) is 3. The fourth-order valence-electron chi connectivity index (χ4n) is 3.80. The maximum Gasteiger partial charge on any atom is 0.273 e. The quantitative estimate of drug-likeness (QED) is 0.459. The summed E-state index contributed by atoms with van der Waals surface area (Å²) >= 11 is 0. The highest BCUT2D eigenvalue weighted by atomic mass is 32.2. The van der Waals surface area contributed by atoms with Gasteiger partial charge in [0.25, 0.3) is 5.69 Å². The molecule has 11 heteroatoms. The third-order valence-electron chi connectivity index (χ3n) is 5.20. The van der Waals surface area contributed by atoms with E-state index in [4.69, 9.17) is 4.74 Å². The van der Waals surface area contributed by atoms with Crippen LogP contribution >= 0.6 is 0 Å². The molecule has 1 aliphatic rings. The SMILES string of the molecule is C[C@@H]1CN(S(=O)(=O)c2ccc(NC(=O)CN(C)Cc3ccccc3[N+](=O)[O-])cc2)C[C@@H](C)O1. The lowest BCUT2D eigenvalue weighted by Crippen LogP contribution is -2.48. The number of hydrogen-bond acceptors (Lipinski definition) is 7. The Hall–Kier alpha value is -2.86. The number of carbonyl (C=O) groups is 1. The van der Waals surface area contributed by atoms with Crippen molar-refractivity contribution in [3.63, 3.8) is 0 Å². The van der Waals surface area contributed by atoms with E-state index in [0.717, 1.165) is 0 Å². The van der Waals surface area contributed by atoms with E-state index in [1.54, 1.807) is 42.3 Å². The van der Waals surface area contributed by atoms with Crippen LogP contribution in [0.5, 0.6) is 0 Å². The molecule has 2 aromatic rings. The minimum absolute atomic E-state index is 0.00520. The number of nitro benzene ring substituents is 1. The Morgan fingerprint density at radius 3 is 2.36 bits per heavy atom. The molecule has 3 rings (SSSR count). The number of sulfonamides is 1. The summed E-state index contributed by atoms with van der Waals surface area (Å²) in [4.78, 5) is 24.9. The van der Waals surface area contributed by atoms with Crippen LogP contribution in [0.4, 0.5) is 11.4 Å². The summed E-state index contributed by atoms with van der Waals surface area (Å²) < 4.78 is 32.9. The lowest BCUT2D eigenvalue weighted by atomic mass is 10.1. The van der Waals surface area contributed by atoms with Gasteiger partial charge < -0.3 is 10.1 Å². The predicted octanol–water partition coefficient (Wildman–Crippen LogP) is 2.46. The van der Waals surface area contributed by atoms with Gasteiger partial charge in [0.1, 0.15) is 0 Å². The van der Waals surface area contributed by atoms with Gasteiger partial charge in [-0.3, -0.25) is 19.8 Å². The first-order chi connectivity index (χ1) is 15.6. The van der Waals surface area contributed by atoms with Crippen LogP contribution in [0.2, 0.25) is 0 Å². The molecule has 0 spiro atoms. The molecule has 178 valence electrons. The van der Waals surface area contributed by atoms with Gasteiger partial charge in [0.15, 0.2) is 0 Å². The molecule has 10 nitrogen and oxygen atoms in total. The average molecular weight is 477 g/mol. The van der Waals surface area contributed by atoms with Crippen LogP contribution in [-0.2, 0) is 26.1 Å². The third kappa shape index (κ3) is 6.35. The number of benzene rings is 2. The number of para-hydroxylation sites is 1. The van der Waals surface area contributed by atoms with Crippen LogP contribution in [0.1, 0.15) is 19.4 Å². The van der Waals surface area contributed by atoms with Crippen LogP contribution in [0.3, 0.4) is 0 Å². The Labute approximate surface area is 193 Å². The number of amides is 1.